The van der Waals surface area contributed by atoms with Crippen LogP contribution in [0, 0.1) is 5.41 Å². The third-order valence-corrected chi connectivity index (χ3v) is 3.91. The molecular weight excluding hydrogens is 256 g/mol. The summed E-state index contributed by atoms with van der Waals surface area (Å²) in [6, 6.07) is 0.235. The molecular formula is C15H28N2O3. The first-order valence-corrected chi connectivity index (χ1v) is 7.65. The van der Waals surface area contributed by atoms with Crippen LogP contribution in [-0.2, 0) is 4.79 Å². The largest absolute Gasteiger partial charge is 0.481 e. The summed E-state index contributed by atoms with van der Waals surface area (Å²) in [6.07, 6.45) is 7.02. The lowest BCUT2D eigenvalue weighted by atomic mass is 9.92. The molecule has 0 aromatic rings. The van der Waals surface area contributed by atoms with E-state index < -0.39 is 5.97 Å². The maximum absolute atomic E-state index is 11.7. The number of nitrogens with one attached hydrogen (secondary N) is 2. The fraction of sp³-hybridized carbons (Fsp3) is 0.867. The summed E-state index contributed by atoms with van der Waals surface area (Å²) in [7, 11) is 0. The minimum atomic E-state index is -0.734. The molecule has 1 unspecified atom stereocenters. The number of urea groups is 1. The number of unbranched alkanes of at least 4 members (excludes halogenated alkanes) is 3. The van der Waals surface area contributed by atoms with Crippen LogP contribution in [-0.4, -0.2) is 29.7 Å². The van der Waals surface area contributed by atoms with Crippen LogP contribution < -0.4 is 10.6 Å². The van der Waals surface area contributed by atoms with Gasteiger partial charge >= 0.3 is 12.0 Å². The SMILES string of the molecule is CC1(C)CCC(NC(=O)NCCCCCCC(=O)O)C1. The van der Waals surface area contributed by atoms with Crippen molar-refractivity contribution in [2.75, 3.05) is 6.54 Å². The predicted molar refractivity (Wildman–Crippen MR) is 78.7 cm³/mol. The van der Waals surface area contributed by atoms with Crippen LogP contribution >= 0.6 is 0 Å². The third kappa shape index (κ3) is 7.36. The number of hydrogen-bond acceptors (Lipinski definition) is 2. The summed E-state index contributed by atoms with van der Waals surface area (Å²) in [5.74, 6) is -0.734. The number of aliphatic carboxylic acids is 1. The summed E-state index contributed by atoms with van der Waals surface area (Å²) < 4.78 is 0. The van der Waals surface area contributed by atoms with Gasteiger partial charge in [0.05, 0.1) is 0 Å². The van der Waals surface area contributed by atoms with Crippen LogP contribution in [0.25, 0.3) is 0 Å². The maximum atomic E-state index is 11.7. The molecule has 0 bridgehead atoms. The number of carbonyl (C=O) groups is 2. The second-order valence-electron chi connectivity index (χ2n) is 6.56. The molecule has 1 aliphatic rings. The highest BCUT2D eigenvalue weighted by Gasteiger charge is 2.31. The van der Waals surface area contributed by atoms with Crippen molar-refractivity contribution in [1.82, 2.24) is 10.6 Å². The first-order chi connectivity index (χ1) is 9.39. The first-order valence-electron chi connectivity index (χ1n) is 7.65. The van der Waals surface area contributed by atoms with Crippen molar-refractivity contribution in [1.29, 1.82) is 0 Å². The van der Waals surface area contributed by atoms with Crippen molar-refractivity contribution in [3.63, 3.8) is 0 Å². The molecule has 1 aliphatic carbocycles. The van der Waals surface area contributed by atoms with E-state index in [9.17, 15) is 9.59 Å². The molecule has 0 aromatic carbocycles. The third-order valence-electron chi connectivity index (χ3n) is 3.91. The van der Waals surface area contributed by atoms with Gasteiger partial charge in [0.15, 0.2) is 0 Å². The summed E-state index contributed by atoms with van der Waals surface area (Å²) >= 11 is 0. The number of carboxylic acids is 1. The van der Waals surface area contributed by atoms with Crippen LogP contribution in [0.15, 0.2) is 0 Å². The Bertz CT molecular complexity index is 329. The quantitative estimate of drug-likeness (QED) is 0.600. The molecule has 0 spiro atoms. The average molecular weight is 284 g/mol. The van der Waals surface area contributed by atoms with Gasteiger partial charge in [-0.25, -0.2) is 4.79 Å². The minimum Gasteiger partial charge on any atom is -0.481 e. The summed E-state index contributed by atoms with van der Waals surface area (Å²) in [6.45, 7) is 5.14. The molecule has 5 nitrogen and oxygen atoms in total. The lowest BCUT2D eigenvalue weighted by molar-refractivity contribution is -0.137. The van der Waals surface area contributed by atoms with Gasteiger partial charge in [0.2, 0.25) is 0 Å². The molecule has 1 saturated carbocycles. The van der Waals surface area contributed by atoms with Gasteiger partial charge < -0.3 is 15.7 Å². The number of carboxylic acid groups (broad SMARTS) is 1. The molecule has 5 heteroatoms. The van der Waals surface area contributed by atoms with Gasteiger partial charge in [0.1, 0.15) is 0 Å². The van der Waals surface area contributed by atoms with Crippen LogP contribution in [0.4, 0.5) is 4.79 Å². The van der Waals surface area contributed by atoms with Crippen molar-refractivity contribution >= 4 is 12.0 Å². The Morgan fingerprint density at radius 1 is 1.20 bits per heavy atom. The lowest BCUT2D eigenvalue weighted by Crippen LogP contribution is -2.41. The molecule has 116 valence electrons. The topological polar surface area (TPSA) is 78.4 Å². The number of amides is 2. The van der Waals surface area contributed by atoms with Gasteiger partial charge in [-0.1, -0.05) is 26.7 Å². The van der Waals surface area contributed by atoms with Crippen LogP contribution in [0.2, 0.25) is 0 Å². The lowest BCUT2D eigenvalue weighted by Gasteiger charge is -2.18. The Morgan fingerprint density at radius 3 is 2.50 bits per heavy atom. The van der Waals surface area contributed by atoms with Crippen molar-refractivity contribution in [3.05, 3.63) is 0 Å². The van der Waals surface area contributed by atoms with E-state index in [1.54, 1.807) is 0 Å². The van der Waals surface area contributed by atoms with Crippen LogP contribution in [0.3, 0.4) is 0 Å². The van der Waals surface area contributed by atoms with Crippen molar-refractivity contribution in [3.8, 4) is 0 Å². The standard InChI is InChI=1S/C15H28N2O3/c1-15(2)9-8-12(11-15)17-14(20)16-10-6-4-3-5-7-13(18)19/h12H,3-11H2,1-2H3,(H,18,19)(H2,16,17,20). The predicted octanol–water partition coefficient (Wildman–Crippen LogP) is 2.90. The summed E-state index contributed by atoms with van der Waals surface area (Å²) in [5, 5.41) is 14.4. The summed E-state index contributed by atoms with van der Waals surface area (Å²) in [5.41, 5.74) is 0.349. The van der Waals surface area contributed by atoms with Crippen LogP contribution in [0.5, 0.6) is 0 Å². The Morgan fingerprint density at radius 2 is 1.90 bits per heavy atom. The van der Waals surface area contributed by atoms with E-state index >= 15 is 0 Å². The summed E-state index contributed by atoms with van der Waals surface area (Å²) in [4.78, 5) is 22.0. The Balaban J connectivity index is 1.97. The van der Waals surface area contributed by atoms with Crippen molar-refractivity contribution < 1.29 is 14.7 Å². The van der Waals surface area contributed by atoms with Gasteiger partial charge in [-0.3, -0.25) is 4.79 Å². The van der Waals surface area contributed by atoms with E-state index in [0.717, 1.165) is 38.5 Å². The van der Waals surface area contributed by atoms with E-state index in [4.69, 9.17) is 5.11 Å². The zero-order valence-corrected chi connectivity index (χ0v) is 12.7. The molecule has 1 rings (SSSR count). The van der Waals surface area contributed by atoms with Crippen LogP contribution in [0.1, 0.15) is 65.2 Å². The van der Waals surface area contributed by atoms with Crippen molar-refractivity contribution in [2.24, 2.45) is 5.41 Å². The molecule has 3 N–H and O–H groups in total. The Kier molecular flexibility index (Phi) is 6.82. The zero-order chi connectivity index (χ0) is 15.0. The highest BCUT2D eigenvalue weighted by molar-refractivity contribution is 5.74. The highest BCUT2D eigenvalue weighted by Crippen LogP contribution is 2.36. The van der Waals surface area contributed by atoms with E-state index in [0.29, 0.717) is 18.0 Å². The number of rotatable bonds is 8. The molecule has 0 saturated heterocycles. The van der Waals surface area contributed by atoms with Gasteiger partial charge in [0, 0.05) is 19.0 Å². The van der Waals surface area contributed by atoms with E-state index in [1.807, 2.05) is 0 Å². The second kappa shape index (κ2) is 8.12. The number of carbonyl (C=O) groups excluding carboxylic acids is 1. The normalized spacial score (nSPS) is 20.6. The van der Waals surface area contributed by atoms with E-state index in [1.165, 1.54) is 6.42 Å². The fourth-order valence-corrected chi connectivity index (χ4v) is 2.75. The smallest absolute Gasteiger partial charge is 0.315 e. The van der Waals surface area contributed by atoms with Crippen molar-refractivity contribution in [2.45, 2.75) is 71.3 Å². The molecule has 20 heavy (non-hydrogen) atoms. The zero-order valence-electron chi connectivity index (χ0n) is 12.7. The molecule has 1 fully saturated rings. The second-order valence-corrected chi connectivity index (χ2v) is 6.56. The van der Waals surface area contributed by atoms with Gasteiger partial charge in [-0.2, -0.15) is 0 Å². The van der Waals surface area contributed by atoms with Gasteiger partial charge in [-0.05, 0) is 37.5 Å². The Labute approximate surface area is 121 Å². The average Bonchev–Trinajstić information content (AvgIpc) is 2.67. The molecule has 0 radical (unpaired) electrons. The molecule has 0 heterocycles. The number of hydrogen-bond donors (Lipinski definition) is 3. The molecule has 1 atom stereocenters. The molecule has 2 amide bonds. The Hall–Kier alpha value is -1.26. The monoisotopic (exact) mass is 284 g/mol. The molecule has 0 aromatic heterocycles. The van der Waals surface area contributed by atoms with E-state index in [-0.39, 0.29) is 12.5 Å². The minimum absolute atomic E-state index is 0.0711. The molecule has 0 aliphatic heterocycles. The van der Waals surface area contributed by atoms with Gasteiger partial charge in [-0.15, -0.1) is 0 Å². The van der Waals surface area contributed by atoms with E-state index in [2.05, 4.69) is 24.5 Å². The fourth-order valence-electron chi connectivity index (χ4n) is 2.75. The highest BCUT2D eigenvalue weighted by atomic mass is 16.4. The maximum Gasteiger partial charge on any atom is 0.315 e. The first kappa shape index (κ1) is 16.8. The van der Waals surface area contributed by atoms with Gasteiger partial charge in [0.25, 0.3) is 0 Å².